The Morgan fingerprint density at radius 1 is 1.26 bits per heavy atom. The summed E-state index contributed by atoms with van der Waals surface area (Å²) in [6, 6.07) is 4.28. The van der Waals surface area contributed by atoms with Crippen molar-refractivity contribution in [3.05, 3.63) is 34.2 Å². The molecule has 1 heterocycles. The van der Waals surface area contributed by atoms with Crippen molar-refractivity contribution >= 4 is 43.9 Å². The van der Waals surface area contributed by atoms with Gasteiger partial charge in [-0.15, -0.1) is 11.3 Å². The van der Waals surface area contributed by atoms with E-state index in [0.29, 0.717) is 12.1 Å². The van der Waals surface area contributed by atoms with Crippen molar-refractivity contribution in [1.82, 2.24) is 0 Å². The van der Waals surface area contributed by atoms with Crippen LogP contribution in [0.25, 0.3) is 0 Å². The second kappa shape index (κ2) is 7.20. The SMILES string of the molecule is COc1ccc(NC(C)=O)cc1S(=O)(=O)Nc1sc2c(c1C(N)=O)CCC2. The molecule has 0 spiro atoms. The average molecular weight is 409 g/mol. The van der Waals surface area contributed by atoms with Gasteiger partial charge in [-0.1, -0.05) is 0 Å². The zero-order valence-electron chi connectivity index (χ0n) is 14.8. The van der Waals surface area contributed by atoms with E-state index in [1.54, 1.807) is 0 Å². The first-order valence-electron chi connectivity index (χ1n) is 8.15. The van der Waals surface area contributed by atoms with Crippen molar-refractivity contribution in [2.45, 2.75) is 31.1 Å². The van der Waals surface area contributed by atoms with E-state index in [-0.39, 0.29) is 27.1 Å². The van der Waals surface area contributed by atoms with Gasteiger partial charge in [0.2, 0.25) is 5.91 Å². The van der Waals surface area contributed by atoms with Gasteiger partial charge in [0, 0.05) is 17.5 Å². The number of anilines is 2. The van der Waals surface area contributed by atoms with Crippen LogP contribution >= 0.6 is 11.3 Å². The van der Waals surface area contributed by atoms with Gasteiger partial charge in [-0.3, -0.25) is 14.3 Å². The predicted molar refractivity (Wildman–Crippen MR) is 103 cm³/mol. The Morgan fingerprint density at radius 2 is 2.00 bits per heavy atom. The Balaban J connectivity index is 2.03. The smallest absolute Gasteiger partial charge is 0.266 e. The first-order valence-corrected chi connectivity index (χ1v) is 10.5. The van der Waals surface area contributed by atoms with Crippen molar-refractivity contribution in [1.29, 1.82) is 0 Å². The van der Waals surface area contributed by atoms with Gasteiger partial charge in [0.05, 0.1) is 12.7 Å². The lowest BCUT2D eigenvalue weighted by Crippen LogP contribution is -2.19. The molecule has 0 bridgehead atoms. The topological polar surface area (TPSA) is 128 Å². The Labute approximate surface area is 160 Å². The maximum Gasteiger partial charge on any atom is 0.266 e. The Bertz CT molecular complexity index is 1030. The van der Waals surface area contributed by atoms with Crippen LogP contribution in [0.15, 0.2) is 23.1 Å². The number of thiophene rings is 1. The van der Waals surface area contributed by atoms with Crippen molar-refractivity contribution in [3.8, 4) is 5.75 Å². The number of amides is 2. The van der Waals surface area contributed by atoms with Crippen LogP contribution in [0.1, 0.15) is 34.1 Å². The second-order valence-electron chi connectivity index (χ2n) is 6.08. The highest BCUT2D eigenvalue weighted by Crippen LogP contribution is 2.40. The van der Waals surface area contributed by atoms with Gasteiger partial charge in [-0.25, -0.2) is 8.42 Å². The first-order chi connectivity index (χ1) is 12.7. The molecule has 4 N–H and O–H groups in total. The molecule has 0 saturated carbocycles. The molecule has 144 valence electrons. The second-order valence-corrected chi connectivity index (χ2v) is 8.83. The quantitative estimate of drug-likeness (QED) is 0.673. The van der Waals surface area contributed by atoms with Crippen LogP contribution in [-0.4, -0.2) is 27.3 Å². The summed E-state index contributed by atoms with van der Waals surface area (Å²) in [5.41, 5.74) is 6.85. The van der Waals surface area contributed by atoms with Crippen LogP contribution in [0.4, 0.5) is 10.7 Å². The van der Waals surface area contributed by atoms with Crippen LogP contribution < -0.4 is 20.5 Å². The predicted octanol–water partition coefficient (Wildman–Crippen LogP) is 2.10. The lowest BCUT2D eigenvalue weighted by molar-refractivity contribution is -0.114. The Kier molecular flexibility index (Phi) is 5.11. The number of methoxy groups -OCH3 is 1. The van der Waals surface area contributed by atoms with E-state index < -0.39 is 15.9 Å². The summed E-state index contributed by atoms with van der Waals surface area (Å²) < 4.78 is 33.6. The number of hydrogen-bond donors (Lipinski definition) is 3. The Hall–Kier alpha value is -2.59. The molecule has 1 aromatic carbocycles. The van der Waals surface area contributed by atoms with Crippen molar-refractivity contribution in [2.75, 3.05) is 17.1 Å². The number of ether oxygens (including phenoxy) is 1. The highest BCUT2D eigenvalue weighted by atomic mass is 32.2. The van der Waals surface area contributed by atoms with Crippen LogP contribution in [0.5, 0.6) is 5.75 Å². The van der Waals surface area contributed by atoms with Gasteiger partial charge in [-0.05, 0) is 43.0 Å². The fourth-order valence-electron chi connectivity index (χ4n) is 3.08. The minimum atomic E-state index is -4.08. The van der Waals surface area contributed by atoms with Crippen LogP contribution in [-0.2, 0) is 27.7 Å². The fraction of sp³-hybridized carbons (Fsp3) is 0.294. The molecular formula is C17H19N3O5S2. The number of primary amides is 1. The normalized spacial score (nSPS) is 13.1. The highest BCUT2D eigenvalue weighted by Gasteiger charge is 2.29. The number of aryl methyl sites for hydroxylation is 1. The number of sulfonamides is 1. The zero-order valence-corrected chi connectivity index (χ0v) is 16.4. The monoisotopic (exact) mass is 409 g/mol. The molecular weight excluding hydrogens is 390 g/mol. The first kappa shape index (κ1) is 19.2. The lowest BCUT2D eigenvalue weighted by atomic mass is 10.1. The molecule has 0 saturated heterocycles. The maximum atomic E-state index is 13.0. The summed E-state index contributed by atoms with van der Waals surface area (Å²) in [7, 11) is -2.73. The number of rotatable bonds is 6. The summed E-state index contributed by atoms with van der Waals surface area (Å²) in [4.78, 5) is 24.0. The standard InChI is InChI=1S/C17H19N3O5S2/c1-9(21)19-10-6-7-12(25-2)14(8-10)27(23,24)20-17-15(16(18)22)11-4-3-5-13(11)26-17/h6-8,20H,3-5H2,1-2H3,(H2,18,22)(H,19,21). The zero-order chi connectivity index (χ0) is 19.8. The summed E-state index contributed by atoms with van der Waals surface area (Å²) in [6.07, 6.45) is 2.41. The molecule has 0 unspecified atom stereocenters. The summed E-state index contributed by atoms with van der Waals surface area (Å²) in [6.45, 7) is 1.32. The number of fused-ring (bicyclic) bond motifs is 1. The summed E-state index contributed by atoms with van der Waals surface area (Å²) in [5.74, 6) is -0.880. The molecule has 2 aromatic rings. The minimum absolute atomic E-state index is 0.112. The molecule has 0 radical (unpaired) electrons. The van der Waals surface area contributed by atoms with Gasteiger partial charge < -0.3 is 15.8 Å². The summed E-state index contributed by atoms with van der Waals surface area (Å²) >= 11 is 1.23. The number of nitrogens with one attached hydrogen (secondary N) is 2. The van der Waals surface area contributed by atoms with E-state index in [9.17, 15) is 18.0 Å². The molecule has 0 aliphatic heterocycles. The van der Waals surface area contributed by atoms with E-state index in [0.717, 1.165) is 23.3 Å². The number of benzene rings is 1. The number of nitrogens with two attached hydrogens (primary N) is 1. The molecule has 27 heavy (non-hydrogen) atoms. The number of carbonyl (C=O) groups is 2. The van der Waals surface area contributed by atoms with Crippen molar-refractivity contribution in [3.63, 3.8) is 0 Å². The number of carbonyl (C=O) groups excluding carboxylic acids is 2. The Morgan fingerprint density at radius 3 is 2.63 bits per heavy atom. The molecule has 1 aromatic heterocycles. The average Bonchev–Trinajstić information content (AvgIpc) is 3.13. The largest absolute Gasteiger partial charge is 0.495 e. The van der Waals surface area contributed by atoms with Crippen molar-refractivity contribution in [2.24, 2.45) is 5.73 Å². The molecule has 0 atom stereocenters. The maximum absolute atomic E-state index is 13.0. The van der Waals surface area contributed by atoms with Crippen LogP contribution in [0.3, 0.4) is 0 Å². The van der Waals surface area contributed by atoms with E-state index >= 15 is 0 Å². The molecule has 0 fully saturated rings. The van der Waals surface area contributed by atoms with Crippen molar-refractivity contribution < 1.29 is 22.7 Å². The molecule has 8 nitrogen and oxygen atoms in total. The van der Waals surface area contributed by atoms with E-state index in [1.165, 1.54) is 43.6 Å². The molecule has 3 rings (SSSR count). The molecule has 1 aliphatic carbocycles. The van der Waals surface area contributed by atoms with E-state index in [1.807, 2.05) is 0 Å². The van der Waals surface area contributed by atoms with Crippen LogP contribution in [0, 0.1) is 0 Å². The highest BCUT2D eigenvalue weighted by molar-refractivity contribution is 7.93. The third-order valence-corrected chi connectivity index (χ3v) is 6.88. The lowest BCUT2D eigenvalue weighted by Gasteiger charge is -2.13. The molecule has 1 aliphatic rings. The molecule has 2 amide bonds. The third kappa shape index (κ3) is 3.76. The van der Waals surface area contributed by atoms with Gasteiger partial charge in [0.15, 0.2) is 0 Å². The van der Waals surface area contributed by atoms with Gasteiger partial charge in [0.25, 0.3) is 15.9 Å². The summed E-state index contributed by atoms with van der Waals surface area (Å²) in [5, 5.41) is 2.74. The minimum Gasteiger partial charge on any atom is -0.495 e. The van der Waals surface area contributed by atoms with Gasteiger partial charge in [0.1, 0.15) is 15.6 Å². The van der Waals surface area contributed by atoms with Crippen LogP contribution in [0.2, 0.25) is 0 Å². The van der Waals surface area contributed by atoms with Gasteiger partial charge >= 0.3 is 0 Å². The fourth-order valence-corrected chi connectivity index (χ4v) is 5.88. The van der Waals surface area contributed by atoms with E-state index in [2.05, 4.69) is 10.0 Å². The third-order valence-electron chi connectivity index (χ3n) is 4.17. The van der Waals surface area contributed by atoms with E-state index in [4.69, 9.17) is 10.5 Å². The number of hydrogen-bond acceptors (Lipinski definition) is 6. The van der Waals surface area contributed by atoms with Gasteiger partial charge in [-0.2, -0.15) is 0 Å². The molecule has 10 heteroatoms.